The van der Waals surface area contributed by atoms with Crippen molar-refractivity contribution in [3.8, 4) is 0 Å². The van der Waals surface area contributed by atoms with E-state index in [1.165, 1.54) is 13.8 Å². The van der Waals surface area contributed by atoms with Crippen molar-refractivity contribution in [1.82, 2.24) is 0 Å². The Balaban J connectivity index is 3.24. The molecule has 22 heavy (non-hydrogen) atoms. The Morgan fingerprint density at radius 3 is 1.95 bits per heavy atom. The van der Waals surface area contributed by atoms with Crippen molar-refractivity contribution in [3.63, 3.8) is 0 Å². The van der Waals surface area contributed by atoms with Crippen molar-refractivity contribution in [1.29, 1.82) is 0 Å². The number of ether oxygens (including phenoxy) is 2. The lowest BCUT2D eigenvalue weighted by Gasteiger charge is -2.14. The lowest BCUT2D eigenvalue weighted by molar-refractivity contribution is -0.158. The van der Waals surface area contributed by atoms with Gasteiger partial charge in [-0.3, -0.25) is 14.4 Å². The predicted molar refractivity (Wildman–Crippen MR) is 75.1 cm³/mol. The Morgan fingerprint density at radius 2 is 1.50 bits per heavy atom. The number of ketones is 1. The normalized spacial score (nSPS) is 10.5. The number of benzene rings is 1. The fourth-order valence-electron chi connectivity index (χ4n) is 1.63. The number of hydrogen-bond acceptors (Lipinski definition) is 5. The molecule has 120 valence electrons. The van der Waals surface area contributed by atoms with Crippen LogP contribution in [0.4, 0.5) is 8.78 Å². The smallest absolute Gasteiger partial charge is 0.328 e. The van der Waals surface area contributed by atoms with E-state index in [0.29, 0.717) is 6.07 Å². The van der Waals surface area contributed by atoms with Gasteiger partial charge >= 0.3 is 11.9 Å². The van der Waals surface area contributed by atoms with Crippen LogP contribution in [0.1, 0.15) is 24.2 Å². The number of carbonyl (C=O) groups excluding carboxylic acids is 3. The average Bonchev–Trinajstić information content (AvgIpc) is 2.43. The molecule has 0 spiro atoms. The lowest BCUT2D eigenvalue weighted by atomic mass is 9.97. The van der Waals surface area contributed by atoms with E-state index in [2.05, 4.69) is 25.4 Å². The third kappa shape index (κ3) is 4.09. The molecule has 0 atom stereocenters. The molecule has 0 aliphatic carbocycles. The van der Waals surface area contributed by atoms with Gasteiger partial charge in [0.25, 0.3) is 0 Å². The second-order valence-corrected chi connectivity index (χ2v) is 4.90. The van der Waals surface area contributed by atoms with Crippen LogP contribution >= 0.6 is 15.9 Å². The molecule has 0 saturated heterocycles. The Labute approximate surface area is 133 Å². The maximum atomic E-state index is 13.3. The van der Waals surface area contributed by atoms with Crippen LogP contribution < -0.4 is 0 Å². The van der Waals surface area contributed by atoms with Gasteiger partial charge in [-0.2, -0.15) is 0 Å². The second kappa shape index (κ2) is 7.98. The summed E-state index contributed by atoms with van der Waals surface area (Å²) in [4.78, 5) is 36.0. The van der Waals surface area contributed by atoms with Crippen molar-refractivity contribution < 1.29 is 32.6 Å². The molecule has 0 radical (unpaired) electrons. The van der Waals surface area contributed by atoms with Gasteiger partial charge in [0.15, 0.2) is 17.4 Å². The van der Waals surface area contributed by atoms with Crippen LogP contribution in [0.2, 0.25) is 0 Å². The highest BCUT2D eigenvalue weighted by Crippen LogP contribution is 2.24. The van der Waals surface area contributed by atoms with Gasteiger partial charge in [-0.15, -0.1) is 0 Å². The molecule has 8 heteroatoms. The maximum Gasteiger partial charge on any atom is 0.328 e. The summed E-state index contributed by atoms with van der Waals surface area (Å²) < 4.78 is 35.6. The topological polar surface area (TPSA) is 69.7 Å². The molecule has 1 rings (SSSR count). The number of hydrogen-bond donors (Lipinski definition) is 0. The molecule has 0 aromatic heterocycles. The van der Waals surface area contributed by atoms with Crippen LogP contribution in [0.3, 0.4) is 0 Å². The largest absolute Gasteiger partial charge is 0.465 e. The lowest BCUT2D eigenvalue weighted by Crippen LogP contribution is -2.35. The zero-order valence-corrected chi connectivity index (χ0v) is 13.4. The number of Topliss-reactive ketones (excluding diaryl/α,β-unsaturated/α-hetero) is 1. The molecule has 5 nitrogen and oxygen atoms in total. The van der Waals surface area contributed by atoms with Gasteiger partial charge in [0.1, 0.15) is 0 Å². The van der Waals surface area contributed by atoms with Gasteiger partial charge in [0.05, 0.1) is 13.2 Å². The summed E-state index contributed by atoms with van der Waals surface area (Å²) in [5.41, 5.74) is -0.356. The average molecular weight is 379 g/mol. The first-order valence-corrected chi connectivity index (χ1v) is 7.14. The predicted octanol–water partition coefficient (Wildman–Crippen LogP) is 2.65. The van der Waals surface area contributed by atoms with E-state index >= 15 is 0 Å². The van der Waals surface area contributed by atoms with E-state index < -0.39 is 35.3 Å². The summed E-state index contributed by atoms with van der Waals surface area (Å²) >= 11 is 2.89. The third-order valence-electron chi connectivity index (χ3n) is 2.58. The summed E-state index contributed by atoms with van der Waals surface area (Å²) in [5.74, 6) is -7.60. The molecular formula is C14H13BrF2O5. The van der Waals surface area contributed by atoms with Gasteiger partial charge < -0.3 is 9.47 Å². The molecule has 0 bridgehead atoms. The van der Waals surface area contributed by atoms with Crippen LogP contribution in [0.5, 0.6) is 0 Å². The Hall–Kier alpha value is -1.83. The molecular weight excluding hydrogens is 366 g/mol. The Kier molecular flexibility index (Phi) is 6.61. The highest BCUT2D eigenvalue weighted by Gasteiger charge is 2.38. The van der Waals surface area contributed by atoms with Crippen molar-refractivity contribution >= 4 is 33.7 Å². The zero-order chi connectivity index (χ0) is 16.9. The highest BCUT2D eigenvalue weighted by atomic mass is 79.9. The number of rotatable bonds is 6. The first-order valence-electron chi connectivity index (χ1n) is 6.35. The Bertz CT molecular complexity index is 585. The van der Waals surface area contributed by atoms with Crippen molar-refractivity contribution in [2.24, 2.45) is 5.92 Å². The van der Waals surface area contributed by atoms with E-state index in [1.807, 2.05) is 0 Å². The van der Waals surface area contributed by atoms with Crippen LogP contribution in [0.15, 0.2) is 16.6 Å². The maximum absolute atomic E-state index is 13.3. The first-order chi connectivity index (χ1) is 10.3. The van der Waals surface area contributed by atoms with Crippen LogP contribution in [-0.2, 0) is 19.1 Å². The minimum absolute atomic E-state index is 0.0546. The van der Waals surface area contributed by atoms with Crippen LogP contribution in [0, 0.1) is 17.6 Å². The standard InChI is InChI=1S/C14H13BrF2O5/c1-3-21-13(19)11(14(20)22-4-2)12(18)7-5-9(16)10(17)6-8(7)15/h5-6,11H,3-4H2,1-2H3. The van der Waals surface area contributed by atoms with Gasteiger partial charge in [-0.25, -0.2) is 8.78 Å². The van der Waals surface area contributed by atoms with E-state index in [9.17, 15) is 23.2 Å². The molecule has 0 saturated carbocycles. The summed E-state index contributed by atoms with van der Waals surface area (Å²) in [5, 5.41) is 0. The van der Waals surface area contributed by atoms with E-state index in [4.69, 9.17) is 0 Å². The fraction of sp³-hybridized carbons (Fsp3) is 0.357. The quantitative estimate of drug-likeness (QED) is 0.329. The van der Waals surface area contributed by atoms with Gasteiger partial charge in [-0.1, -0.05) is 0 Å². The Morgan fingerprint density at radius 1 is 1.05 bits per heavy atom. The second-order valence-electron chi connectivity index (χ2n) is 4.05. The molecule has 0 N–H and O–H groups in total. The van der Waals surface area contributed by atoms with E-state index in [-0.39, 0.29) is 23.2 Å². The molecule has 0 aliphatic heterocycles. The van der Waals surface area contributed by atoms with Crippen molar-refractivity contribution in [2.75, 3.05) is 13.2 Å². The summed E-state index contributed by atoms with van der Waals surface area (Å²) in [7, 11) is 0. The van der Waals surface area contributed by atoms with E-state index in [1.54, 1.807) is 0 Å². The summed E-state index contributed by atoms with van der Waals surface area (Å²) in [6, 6.07) is 1.34. The van der Waals surface area contributed by atoms with Crippen LogP contribution in [-0.4, -0.2) is 30.9 Å². The molecule has 0 unspecified atom stereocenters. The number of halogens is 3. The minimum atomic E-state index is -1.89. The summed E-state index contributed by atoms with van der Waals surface area (Å²) in [6.45, 7) is 2.89. The first kappa shape index (κ1) is 18.2. The highest BCUT2D eigenvalue weighted by molar-refractivity contribution is 9.10. The number of carbonyl (C=O) groups is 3. The molecule has 0 amide bonds. The van der Waals surface area contributed by atoms with Gasteiger partial charge in [-0.05, 0) is 41.9 Å². The van der Waals surface area contributed by atoms with Gasteiger partial charge in [0, 0.05) is 10.0 Å². The minimum Gasteiger partial charge on any atom is -0.465 e. The third-order valence-corrected chi connectivity index (χ3v) is 3.24. The fourth-order valence-corrected chi connectivity index (χ4v) is 2.14. The molecule has 0 aliphatic rings. The molecule has 1 aromatic rings. The van der Waals surface area contributed by atoms with Crippen LogP contribution in [0.25, 0.3) is 0 Å². The van der Waals surface area contributed by atoms with Gasteiger partial charge in [0.2, 0.25) is 5.92 Å². The monoisotopic (exact) mass is 378 g/mol. The number of esters is 2. The zero-order valence-electron chi connectivity index (χ0n) is 11.8. The summed E-state index contributed by atoms with van der Waals surface area (Å²) in [6.07, 6.45) is 0. The van der Waals surface area contributed by atoms with Crippen molar-refractivity contribution in [3.05, 3.63) is 33.8 Å². The molecule has 0 heterocycles. The molecule has 0 fully saturated rings. The molecule has 1 aromatic carbocycles. The van der Waals surface area contributed by atoms with E-state index in [0.717, 1.165) is 6.07 Å². The van der Waals surface area contributed by atoms with Crippen molar-refractivity contribution in [2.45, 2.75) is 13.8 Å². The SMILES string of the molecule is CCOC(=O)C(C(=O)OCC)C(=O)c1cc(F)c(F)cc1Br.